The molecule has 0 heterocycles. The highest BCUT2D eigenvalue weighted by Crippen LogP contribution is 2.28. The molecule has 0 fully saturated rings. The van der Waals surface area contributed by atoms with Gasteiger partial charge in [-0.2, -0.15) is 0 Å². The second kappa shape index (κ2) is 3.61. The van der Waals surface area contributed by atoms with Gasteiger partial charge in [0.05, 0.1) is 0 Å². The Hall–Kier alpha value is -1.04. The first kappa shape index (κ1) is 9.51. The van der Waals surface area contributed by atoms with Crippen LogP contribution in [0, 0.1) is 0 Å². The van der Waals surface area contributed by atoms with E-state index in [0.29, 0.717) is 5.92 Å². The maximum Gasteiger partial charge on any atom is -0.0195 e. The highest BCUT2D eigenvalue weighted by Gasteiger charge is 2.10. The summed E-state index contributed by atoms with van der Waals surface area (Å²) in [5.41, 5.74) is 5.91. The Morgan fingerprint density at radius 2 is 2.00 bits per heavy atom. The first-order chi connectivity index (χ1) is 6.68. The van der Waals surface area contributed by atoms with Gasteiger partial charge in [0, 0.05) is 0 Å². The topological polar surface area (TPSA) is 0 Å². The van der Waals surface area contributed by atoms with E-state index in [0.717, 1.165) is 0 Å². The second-order valence-electron chi connectivity index (χ2n) is 4.50. The molecule has 0 heteroatoms. The Morgan fingerprint density at radius 3 is 2.71 bits per heavy atom. The Balaban J connectivity index is 2.48. The van der Waals surface area contributed by atoms with Crippen LogP contribution in [-0.2, 0) is 6.42 Å². The normalized spacial score (nSPS) is 15.3. The van der Waals surface area contributed by atoms with Gasteiger partial charge in [-0.1, -0.05) is 38.1 Å². The molecule has 1 aromatic rings. The molecule has 0 amide bonds. The number of benzene rings is 1. The summed E-state index contributed by atoms with van der Waals surface area (Å²) >= 11 is 0. The Morgan fingerprint density at radius 1 is 1.21 bits per heavy atom. The van der Waals surface area contributed by atoms with E-state index in [2.05, 4.69) is 45.0 Å². The van der Waals surface area contributed by atoms with Gasteiger partial charge in [-0.3, -0.25) is 0 Å². The third kappa shape index (κ3) is 1.61. The van der Waals surface area contributed by atoms with Crippen LogP contribution in [0.3, 0.4) is 0 Å². The molecule has 2 rings (SSSR count). The number of aryl methyl sites for hydroxylation is 1. The van der Waals surface area contributed by atoms with Gasteiger partial charge >= 0.3 is 0 Å². The van der Waals surface area contributed by atoms with E-state index in [1.807, 2.05) is 0 Å². The molecule has 0 spiro atoms. The van der Waals surface area contributed by atoms with Crippen LogP contribution in [0.5, 0.6) is 0 Å². The predicted molar refractivity (Wildman–Crippen MR) is 62.5 cm³/mol. The van der Waals surface area contributed by atoms with Crippen molar-refractivity contribution in [3.63, 3.8) is 0 Å². The van der Waals surface area contributed by atoms with Gasteiger partial charge in [-0.05, 0) is 47.9 Å². The lowest BCUT2D eigenvalue weighted by Crippen LogP contribution is -1.99. The van der Waals surface area contributed by atoms with Gasteiger partial charge < -0.3 is 0 Å². The average molecular weight is 186 g/mol. The Kier molecular flexibility index (Phi) is 2.45. The molecule has 0 radical (unpaired) electrons. The molecule has 1 aliphatic rings. The van der Waals surface area contributed by atoms with E-state index in [-0.39, 0.29) is 0 Å². The molecule has 0 aliphatic heterocycles. The average Bonchev–Trinajstić information content (AvgIpc) is 2.18. The van der Waals surface area contributed by atoms with E-state index in [9.17, 15) is 0 Å². The quantitative estimate of drug-likeness (QED) is 0.617. The molecule has 74 valence electrons. The molecule has 0 N–H and O–H groups in total. The molecule has 0 nitrogen and oxygen atoms in total. The SMILES string of the molecule is CC1=CCCc2ccc(C(C)C)cc21. The van der Waals surface area contributed by atoms with Crippen LogP contribution in [0.1, 0.15) is 49.8 Å². The van der Waals surface area contributed by atoms with Crippen molar-refractivity contribution in [1.82, 2.24) is 0 Å². The van der Waals surface area contributed by atoms with Crippen molar-refractivity contribution in [3.8, 4) is 0 Å². The van der Waals surface area contributed by atoms with Gasteiger partial charge in [0.15, 0.2) is 0 Å². The van der Waals surface area contributed by atoms with Crippen molar-refractivity contribution in [2.45, 2.75) is 39.5 Å². The fourth-order valence-electron chi connectivity index (χ4n) is 2.09. The lowest BCUT2D eigenvalue weighted by molar-refractivity contribution is 0.860. The summed E-state index contributed by atoms with van der Waals surface area (Å²) in [6.07, 6.45) is 4.78. The van der Waals surface area contributed by atoms with E-state index in [1.54, 1.807) is 0 Å². The molecular weight excluding hydrogens is 168 g/mol. The maximum absolute atomic E-state index is 2.37. The second-order valence-corrected chi connectivity index (χ2v) is 4.50. The summed E-state index contributed by atoms with van der Waals surface area (Å²) < 4.78 is 0. The number of allylic oxidation sites excluding steroid dienone is 2. The molecule has 1 aromatic carbocycles. The third-order valence-corrected chi connectivity index (χ3v) is 3.09. The van der Waals surface area contributed by atoms with Crippen LogP contribution in [0.15, 0.2) is 24.3 Å². The van der Waals surface area contributed by atoms with Gasteiger partial charge in [-0.15, -0.1) is 0 Å². The largest absolute Gasteiger partial charge is 0.0807 e. The lowest BCUT2D eigenvalue weighted by Gasteiger charge is -2.17. The minimum Gasteiger partial charge on any atom is -0.0807 e. The van der Waals surface area contributed by atoms with Crippen LogP contribution >= 0.6 is 0 Å². The zero-order valence-electron chi connectivity index (χ0n) is 9.30. The van der Waals surface area contributed by atoms with Gasteiger partial charge in [-0.25, -0.2) is 0 Å². The molecule has 0 saturated heterocycles. The molecule has 1 aliphatic carbocycles. The van der Waals surface area contributed by atoms with Crippen molar-refractivity contribution in [2.75, 3.05) is 0 Å². The summed E-state index contributed by atoms with van der Waals surface area (Å²) in [5.74, 6) is 0.634. The van der Waals surface area contributed by atoms with E-state index >= 15 is 0 Å². The molecule has 0 bridgehead atoms. The lowest BCUT2D eigenvalue weighted by atomic mass is 9.88. The minimum absolute atomic E-state index is 0.634. The Bertz CT molecular complexity index is 370. The van der Waals surface area contributed by atoms with E-state index < -0.39 is 0 Å². The fourth-order valence-corrected chi connectivity index (χ4v) is 2.09. The zero-order valence-corrected chi connectivity index (χ0v) is 9.30. The summed E-state index contributed by atoms with van der Waals surface area (Å²) in [7, 11) is 0. The number of hydrogen-bond acceptors (Lipinski definition) is 0. The van der Waals surface area contributed by atoms with Crippen LogP contribution in [0.2, 0.25) is 0 Å². The van der Waals surface area contributed by atoms with Crippen molar-refractivity contribution in [3.05, 3.63) is 41.0 Å². The van der Waals surface area contributed by atoms with Gasteiger partial charge in [0.1, 0.15) is 0 Å². The third-order valence-electron chi connectivity index (χ3n) is 3.09. The van der Waals surface area contributed by atoms with Gasteiger partial charge in [0.2, 0.25) is 0 Å². The first-order valence-electron chi connectivity index (χ1n) is 5.48. The van der Waals surface area contributed by atoms with Crippen molar-refractivity contribution < 1.29 is 0 Å². The molecule has 0 saturated carbocycles. The van der Waals surface area contributed by atoms with Crippen molar-refractivity contribution in [1.29, 1.82) is 0 Å². The Labute approximate surface area is 86.7 Å². The zero-order chi connectivity index (χ0) is 10.1. The fraction of sp³-hybridized carbons (Fsp3) is 0.429. The maximum atomic E-state index is 2.37. The van der Waals surface area contributed by atoms with E-state index in [4.69, 9.17) is 0 Å². The first-order valence-corrected chi connectivity index (χ1v) is 5.48. The molecule has 0 atom stereocenters. The van der Waals surface area contributed by atoms with Crippen LogP contribution in [0.25, 0.3) is 5.57 Å². The standard InChI is InChI=1S/C14H18/c1-10(2)13-8-7-12-6-4-5-11(3)14(12)9-13/h5,7-10H,4,6H2,1-3H3. The molecule has 14 heavy (non-hydrogen) atoms. The number of fused-ring (bicyclic) bond motifs is 1. The number of rotatable bonds is 1. The monoisotopic (exact) mass is 186 g/mol. The molecule has 0 unspecified atom stereocenters. The van der Waals surface area contributed by atoms with Crippen LogP contribution in [-0.4, -0.2) is 0 Å². The van der Waals surface area contributed by atoms with Crippen LogP contribution in [0.4, 0.5) is 0 Å². The molecular formula is C14H18. The smallest absolute Gasteiger partial charge is 0.0195 e. The summed E-state index contributed by atoms with van der Waals surface area (Å²) in [6, 6.07) is 6.95. The highest BCUT2D eigenvalue weighted by molar-refractivity contribution is 5.69. The van der Waals surface area contributed by atoms with Crippen LogP contribution < -0.4 is 0 Å². The van der Waals surface area contributed by atoms with Crippen molar-refractivity contribution >= 4 is 5.57 Å². The highest BCUT2D eigenvalue weighted by atomic mass is 14.2. The predicted octanol–water partition coefficient (Wildman–Crippen LogP) is 4.16. The number of hydrogen-bond donors (Lipinski definition) is 0. The summed E-state index contributed by atoms with van der Waals surface area (Å²) in [5, 5.41) is 0. The van der Waals surface area contributed by atoms with Gasteiger partial charge in [0.25, 0.3) is 0 Å². The van der Waals surface area contributed by atoms with Crippen molar-refractivity contribution in [2.24, 2.45) is 0 Å². The summed E-state index contributed by atoms with van der Waals surface area (Å²) in [4.78, 5) is 0. The van der Waals surface area contributed by atoms with E-state index in [1.165, 1.54) is 35.1 Å². The molecule has 0 aromatic heterocycles. The summed E-state index contributed by atoms with van der Waals surface area (Å²) in [6.45, 7) is 6.73. The minimum atomic E-state index is 0.634.